The SMILES string of the molecule is COc1ccc(C(=O)N(S)[C@@H]2CN(C(=O)N3CCN(S(C)(=O)=O)[C@@H](C)C3)C[C@H]2c2ccc(Cl)c(Cl)c2)cc1C(F)(F)F. The molecule has 2 aromatic carbocycles. The topological polar surface area (TPSA) is 90.5 Å². The number of carbonyl (C=O) groups excluding carboxylic acids is 2. The molecule has 3 amide bonds. The Morgan fingerprint density at radius 2 is 1.71 bits per heavy atom. The van der Waals surface area contributed by atoms with Crippen LogP contribution < -0.4 is 4.74 Å². The monoisotopic (exact) mass is 668 g/mol. The number of thiol groups is 1. The first kappa shape index (κ1) is 32.5. The summed E-state index contributed by atoms with van der Waals surface area (Å²) >= 11 is 16.8. The van der Waals surface area contributed by atoms with Crippen molar-refractivity contribution in [3.8, 4) is 5.75 Å². The number of ether oxygens (including phenoxy) is 1. The summed E-state index contributed by atoms with van der Waals surface area (Å²) in [7, 11) is -2.34. The van der Waals surface area contributed by atoms with E-state index in [1.54, 1.807) is 30.0 Å². The van der Waals surface area contributed by atoms with Crippen LogP contribution in [0.25, 0.3) is 0 Å². The Hall–Kier alpha value is -2.39. The minimum atomic E-state index is -4.76. The van der Waals surface area contributed by atoms with Crippen molar-refractivity contribution in [2.75, 3.05) is 46.1 Å². The van der Waals surface area contributed by atoms with Crippen molar-refractivity contribution in [1.29, 1.82) is 0 Å². The third kappa shape index (κ3) is 6.72. The summed E-state index contributed by atoms with van der Waals surface area (Å²) in [6.07, 6.45) is -3.65. The van der Waals surface area contributed by atoms with Gasteiger partial charge in [0, 0.05) is 50.2 Å². The van der Waals surface area contributed by atoms with Crippen LogP contribution in [-0.4, -0.2) is 96.9 Å². The van der Waals surface area contributed by atoms with E-state index < -0.39 is 51.4 Å². The molecule has 230 valence electrons. The number of likely N-dealkylation sites (tertiary alicyclic amines) is 1. The smallest absolute Gasteiger partial charge is 0.419 e. The van der Waals surface area contributed by atoms with E-state index in [1.807, 2.05) is 0 Å². The van der Waals surface area contributed by atoms with Crippen LogP contribution in [0.2, 0.25) is 10.0 Å². The summed E-state index contributed by atoms with van der Waals surface area (Å²) < 4.78 is 72.2. The summed E-state index contributed by atoms with van der Waals surface area (Å²) in [5.74, 6) is -1.74. The molecule has 2 aliphatic heterocycles. The fourth-order valence-corrected chi connectivity index (χ4v) is 7.20. The van der Waals surface area contributed by atoms with Gasteiger partial charge in [0.1, 0.15) is 5.75 Å². The van der Waals surface area contributed by atoms with Crippen LogP contribution in [0.3, 0.4) is 0 Å². The zero-order chi connectivity index (χ0) is 31.1. The molecular weight excluding hydrogens is 640 g/mol. The van der Waals surface area contributed by atoms with Gasteiger partial charge < -0.3 is 14.5 Å². The van der Waals surface area contributed by atoms with Crippen LogP contribution in [0.15, 0.2) is 36.4 Å². The second-order valence-corrected chi connectivity index (χ2v) is 13.4. The minimum absolute atomic E-state index is 0.0158. The standard InChI is InChI=1S/C26H29Cl2F3N4O5S2/c1-15-12-32(8-9-34(15)42(3,38)39)25(37)33-13-18(16-4-6-20(27)21(28)11-16)22(14-33)35(41)24(36)17-5-7-23(40-2)19(10-17)26(29,30)31/h4-7,10-11,15,18,22,41H,8-9,12-14H2,1-3H3/t15-,18-,22+/m0/s1. The minimum Gasteiger partial charge on any atom is -0.496 e. The molecule has 2 heterocycles. The summed E-state index contributed by atoms with van der Waals surface area (Å²) in [6.45, 7) is 2.34. The molecule has 9 nitrogen and oxygen atoms in total. The Bertz CT molecular complexity index is 1480. The zero-order valence-electron chi connectivity index (χ0n) is 22.8. The predicted octanol–water partition coefficient (Wildman–Crippen LogP) is 4.86. The van der Waals surface area contributed by atoms with Gasteiger partial charge >= 0.3 is 12.2 Å². The van der Waals surface area contributed by atoms with Gasteiger partial charge in [-0.25, -0.2) is 13.2 Å². The van der Waals surface area contributed by atoms with Gasteiger partial charge in [-0.3, -0.25) is 9.10 Å². The summed E-state index contributed by atoms with van der Waals surface area (Å²) in [5.41, 5.74) is -0.719. The summed E-state index contributed by atoms with van der Waals surface area (Å²) in [6, 6.07) is 6.33. The van der Waals surface area contributed by atoms with Crippen LogP contribution in [0.5, 0.6) is 5.75 Å². The molecule has 2 saturated heterocycles. The Morgan fingerprint density at radius 1 is 1.02 bits per heavy atom. The molecule has 3 atom stereocenters. The third-order valence-corrected chi connectivity index (χ3v) is 10.1. The normalized spacial score (nSPS) is 21.9. The predicted molar refractivity (Wildman–Crippen MR) is 156 cm³/mol. The molecule has 0 N–H and O–H groups in total. The van der Waals surface area contributed by atoms with Crippen molar-refractivity contribution in [3.63, 3.8) is 0 Å². The number of nitrogens with zero attached hydrogens (tertiary/aromatic N) is 4. The van der Waals surface area contributed by atoms with Crippen molar-refractivity contribution in [2.24, 2.45) is 0 Å². The molecule has 42 heavy (non-hydrogen) atoms. The van der Waals surface area contributed by atoms with E-state index >= 15 is 0 Å². The molecule has 16 heteroatoms. The lowest BCUT2D eigenvalue weighted by atomic mass is 9.94. The van der Waals surface area contributed by atoms with Crippen LogP contribution in [0.4, 0.5) is 18.0 Å². The van der Waals surface area contributed by atoms with Gasteiger partial charge in [0.15, 0.2) is 0 Å². The van der Waals surface area contributed by atoms with Gasteiger partial charge in [0.2, 0.25) is 10.0 Å². The number of amides is 3. The van der Waals surface area contributed by atoms with E-state index in [1.165, 1.54) is 15.3 Å². The van der Waals surface area contributed by atoms with Gasteiger partial charge in [0.05, 0.1) is 35.0 Å². The number of carbonyl (C=O) groups is 2. The highest BCUT2D eigenvalue weighted by molar-refractivity contribution is 7.88. The molecule has 2 aromatic rings. The van der Waals surface area contributed by atoms with Crippen LogP contribution in [0.1, 0.15) is 34.3 Å². The number of sulfonamides is 1. The molecule has 0 unspecified atom stereocenters. The molecule has 0 bridgehead atoms. The number of rotatable bonds is 5. The maximum Gasteiger partial charge on any atom is 0.419 e. The lowest BCUT2D eigenvalue weighted by molar-refractivity contribution is -0.138. The molecule has 0 spiro atoms. The number of piperazine rings is 1. The Morgan fingerprint density at radius 3 is 2.29 bits per heavy atom. The van der Waals surface area contributed by atoms with Crippen molar-refractivity contribution in [1.82, 2.24) is 18.4 Å². The quantitative estimate of drug-likeness (QED) is 0.460. The van der Waals surface area contributed by atoms with Gasteiger partial charge in [0.25, 0.3) is 5.91 Å². The molecule has 2 aliphatic rings. The second-order valence-electron chi connectivity index (χ2n) is 10.3. The third-order valence-electron chi connectivity index (χ3n) is 7.47. The zero-order valence-corrected chi connectivity index (χ0v) is 26.0. The molecule has 0 radical (unpaired) electrons. The molecule has 2 fully saturated rings. The van der Waals surface area contributed by atoms with Crippen LogP contribution in [0, 0.1) is 0 Å². The largest absolute Gasteiger partial charge is 0.496 e. The second kappa shape index (κ2) is 12.3. The fraction of sp³-hybridized carbons (Fsp3) is 0.462. The van der Waals surface area contributed by atoms with Crippen molar-refractivity contribution in [2.45, 2.75) is 31.1 Å². The van der Waals surface area contributed by atoms with Gasteiger partial charge in [-0.15, -0.1) is 0 Å². The molecule has 0 saturated carbocycles. The van der Waals surface area contributed by atoms with E-state index in [0.29, 0.717) is 16.7 Å². The fourth-order valence-electron chi connectivity index (χ4n) is 5.41. The van der Waals surface area contributed by atoms with E-state index in [0.717, 1.165) is 23.7 Å². The highest BCUT2D eigenvalue weighted by Crippen LogP contribution is 2.39. The Kier molecular flexibility index (Phi) is 9.53. The molecule has 0 aliphatic carbocycles. The van der Waals surface area contributed by atoms with Gasteiger partial charge in [-0.05, 0) is 42.8 Å². The number of hydrogen-bond acceptors (Lipinski definition) is 6. The number of methoxy groups -OCH3 is 1. The van der Waals surface area contributed by atoms with Gasteiger partial charge in [-0.1, -0.05) is 42.1 Å². The number of alkyl halides is 3. The summed E-state index contributed by atoms with van der Waals surface area (Å²) in [4.78, 5) is 30.1. The number of urea groups is 1. The molecule has 4 rings (SSSR count). The van der Waals surface area contributed by atoms with E-state index in [4.69, 9.17) is 27.9 Å². The maximum absolute atomic E-state index is 13.6. The first-order chi connectivity index (χ1) is 19.5. The highest BCUT2D eigenvalue weighted by Gasteiger charge is 2.44. The Labute approximate surface area is 257 Å². The number of halogens is 5. The van der Waals surface area contributed by atoms with Crippen LogP contribution in [-0.2, 0) is 16.2 Å². The van der Waals surface area contributed by atoms with Crippen molar-refractivity contribution < 1.29 is 35.9 Å². The van der Waals surface area contributed by atoms with Crippen molar-refractivity contribution >= 4 is 58.0 Å². The molecule has 0 aromatic heterocycles. The maximum atomic E-state index is 13.6. The van der Waals surface area contributed by atoms with Gasteiger partial charge in [-0.2, -0.15) is 17.5 Å². The van der Waals surface area contributed by atoms with Crippen LogP contribution >= 0.6 is 36.0 Å². The highest BCUT2D eigenvalue weighted by atomic mass is 35.5. The van der Waals surface area contributed by atoms with E-state index in [2.05, 4.69) is 12.8 Å². The average Bonchev–Trinajstić information content (AvgIpc) is 3.37. The number of benzene rings is 2. The number of hydrogen-bond donors (Lipinski definition) is 1. The summed E-state index contributed by atoms with van der Waals surface area (Å²) in [5, 5.41) is 0.558. The average molecular weight is 670 g/mol. The Balaban J connectivity index is 1.63. The lowest BCUT2D eigenvalue weighted by Gasteiger charge is -2.39. The first-order valence-electron chi connectivity index (χ1n) is 12.8. The lowest BCUT2D eigenvalue weighted by Crippen LogP contribution is -2.57. The first-order valence-corrected chi connectivity index (χ1v) is 15.8. The molecular formula is C26H29Cl2F3N4O5S2. The van der Waals surface area contributed by atoms with Crippen molar-refractivity contribution in [3.05, 3.63) is 63.1 Å². The van der Waals surface area contributed by atoms with E-state index in [-0.39, 0.29) is 49.3 Å². The van der Waals surface area contributed by atoms with E-state index in [9.17, 15) is 31.2 Å².